The zero-order chi connectivity index (χ0) is 18.7. The number of anilines is 1. The van der Waals surface area contributed by atoms with Gasteiger partial charge in [0.25, 0.3) is 0 Å². The molecule has 0 atom stereocenters. The predicted molar refractivity (Wildman–Crippen MR) is 96.7 cm³/mol. The normalized spacial score (nSPS) is 14.4. The topological polar surface area (TPSA) is 90.6 Å². The molecule has 0 radical (unpaired) electrons. The molecule has 0 aromatic heterocycles. The summed E-state index contributed by atoms with van der Waals surface area (Å²) >= 11 is 1.33. The molecule has 0 saturated carbocycles. The first-order valence-electron chi connectivity index (χ1n) is 7.65. The van der Waals surface area contributed by atoms with Gasteiger partial charge in [-0.2, -0.15) is 5.26 Å². The van der Waals surface area contributed by atoms with Crippen molar-refractivity contribution in [2.45, 2.75) is 4.90 Å². The molecule has 1 aliphatic rings. The summed E-state index contributed by atoms with van der Waals surface area (Å²) in [5, 5.41) is 19.3. The third-order valence-corrected chi connectivity index (χ3v) is 5.00. The quantitative estimate of drug-likeness (QED) is 0.505. The summed E-state index contributed by atoms with van der Waals surface area (Å²) in [7, 11) is 1.78. The fourth-order valence-electron chi connectivity index (χ4n) is 2.47. The van der Waals surface area contributed by atoms with E-state index in [4.69, 9.17) is 4.74 Å². The van der Waals surface area contributed by atoms with Crippen LogP contribution in [0.3, 0.4) is 0 Å². The maximum atomic E-state index is 12.4. The Balaban J connectivity index is 1.75. The Morgan fingerprint density at radius 3 is 2.69 bits per heavy atom. The van der Waals surface area contributed by atoms with E-state index >= 15 is 0 Å². The number of aromatic hydroxyl groups is 1. The third-order valence-electron chi connectivity index (χ3n) is 3.76. The number of phenols is 1. The molecule has 2 aromatic rings. The number of hydrogen-bond acceptors (Lipinski definition) is 7. The number of nitriles is 1. The van der Waals surface area contributed by atoms with Gasteiger partial charge >= 0.3 is 5.97 Å². The van der Waals surface area contributed by atoms with Gasteiger partial charge in [-0.05, 0) is 30.3 Å². The van der Waals surface area contributed by atoms with Crippen molar-refractivity contribution in [3.63, 3.8) is 0 Å². The van der Waals surface area contributed by atoms with E-state index in [1.165, 1.54) is 36.0 Å². The molecule has 7 heteroatoms. The van der Waals surface area contributed by atoms with Crippen LogP contribution >= 0.6 is 11.8 Å². The molecule has 0 aliphatic carbocycles. The number of carbonyl (C=O) groups is 2. The van der Waals surface area contributed by atoms with Crippen molar-refractivity contribution in [1.29, 1.82) is 5.26 Å². The molecule has 1 aliphatic heterocycles. The monoisotopic (exact) mass is 366 g/mol. The molecule has 0 spiro atoms. The smallest absolute Gasteiger partial charge is 0.338 e. The minimum atomic E-state index is -0.743. The van der Waals surface area contributed by atoms with Crippen LogP contribution in [0.2, 0.25) is 0 Å². The summed E-state index contributed by atoms with van der Waals surface area (Å²) in [5.41, 5.74) is 0.978. The summed E-state index contributed by atoms with van der Waals surface area (Å²) in [6, 6.07) is 15.1. The highest BCUT2D eigenvalue weighted by molar-refractivity contribution is 8.03. The minimum absolute atomic E-state index is 0.0580. The highest BCUT2D eigenvalue weighted by Crippen LogP contribution is 2.46. The molecule has 0 unspecified atom stereocenters. The van der Waals surface area contributed by atoms with Crippen LogP contribution in [0.1, 0.15) is 10.4 Å². The van der Waals surface area contributed by atoms with Crippen LogP contribution < -0.4 is 4.90 Å². The molecular formula is C19H14N2O4S. The maximum absolute atomic E-state index is 12.4. The number of rotatable bonds is 4. The number of thioether (sulfide) groups is 1. The van der Waals surface area contributed by atoms with E-state index in [-0.39, 0.29) is 16.9 Å². The van der Waals surface area contributed by atoms with Gasteiger partial charge in [0, 0.05) is 11.9 Å². The standard InChI is InChI=1S/C19H14N2O4S/c1-21-15-7-2-3-8-17(15)26-18(21)14(10-20)16(23)11-25-19(24)12-5-4-6-13(22)9-12/h2-9,22H,11H2,1H3. The van der Waals surface area contributed by atoms with Gasteiger partial charge in [0.15, 0.2) is 6.61 Å². The number of benzene rings is 2. The van der Waals surface area contributed by atoms with E-state index in [1.807, 2.05) is 30.3 Å². The van der Waals surface area contributed by atoms with Gasteiger partial charge in [-0.25, -0.2) is 4.79 Å². The number of phenolic OH excluding ortho intramolecular Hbond substituents is 1. The average Bonchev–Trinajstić information content (AvgIpc) is 2.97. The molecule has 130 valence electrons. The fourth-order valence-corrected chi connectivity index (χ4v) is 3.63. The Morgan fingerprint density at radius 1 is 1.23 bits per heavy atom. The molecule has 0 bridgehead atoms. The first-order chi connectivity index (χ1) is 12.5. The van der Waals surface area contributed by atoms with Crippen LogP contribution in [0.25, 0.3) is 0 Å². The van der Waals surface area contributed by atoms with Gasteiger partial charge < -0.3 is 14.7 Å². The average molecular weight is 366 g/mol. The Morgan fingerprint density at radius 2 is 2.00 bits per heavy atom. The van der Waals surface area contributed by atoms with Crippen LogP contribution in [0.15, 0.2) is 64.0 Å². The first-order valence-corrected chi connectivity index (χ1v) is 8.47. The van der Waals surface area contributed by atoms with Crippen molar-refractivity contribution in [2.75, 3.05) is 18.6 Å². The van der Waals surface area contributed by atoms with E-state index in [1.54, 1.807) is 11.9 Å². The lowest BCUT2D eigenvalue weighted by Gasteiger charge is -2.14. The van der Waals surface area contributed by atoms with Crippen molar-refractivity contribution >= 4 is 29.2 Å². The van der Waals surface area contributed by atoms with E-state index in [0.717, 1.165) is 10.6 Å². The number of ketones is 1. The molecule has 1 heterocycles. The summed E-state index contributed by atoms with van der Waals surface area (Å²) in [5.74, 6) is -1.40. The molecule has 6 nitrogen and oxygen atoms in total. The van der Waals surface area contributed by atoms with Gasteiger partial charge in [-0.3, -0.25) is 4.79 Å². The summed E-state index contributed by atoms with van der Waals surface area (Å²) in [6.07, 6.45) is 0. The molecular weight excluding hydrogens is 352 g/mol. The van der Waals surface area contributed by atoms with Crippen molar-refractivity contribution in [3.8, 4) is 11.8 Å². The SMILES string of the molecule is CN1C(=C(C#N)C(=O)COC(=O)c2cccc(O)c2)Sc2ccccc21. The first kappa shape index (κ1) is 17.6. The summed E-state index contributed by atoms with van der Waals surface area (Å²) < 4.78 is 4.99. The highest BCUT2D eigenvalue weighted by atomic mass is 32.2. The van der Waals surface area contributed by atoms with Crippen molar-refractivity contribution < 1.29 is 19.4 Å². The van der Waals surface area contributed by atoms with Crippen molar-refractivity contribution in [2.24, 2.45) is 0 Å². The molecule has 1 N–H and O–H groups in total. The second-order valence-corrected chi connectivity index (χ2v) is 6.50. The van der Waals surface area contributed by atoms with Crippen LogP contribution in [0.5, 0.6) is 5.75 Å². The second-order valence-electron chi connectivity index (χ2n) is 5.47. The molecule has 0 amide bonds. The largest absolute Gasteiger partial charge is 0.508 e. The van der Waals surface area contributed by atoms with Crippen LogP contribution in [-0.2, 0) is 9.53 Å². The summed E-state index contributed by atoms with van der Waals surface area (Å²) in [4.78, 5) is 27.1. The van der Waals surface area contributed by atoms with Gasteiger partial charge in [0.1, 0.15) is 22.4 Å². The molecule has 0 fully saturated rings. The number of ether oxygens (including phenoxy) is 1. The lowest BCUT2D eigenvalue weighted by molar-refractivity contribution is -0.118. The van der Waals surface area contributed by atoms with Gasteiger partial charge in [0.05, 0.1) is 11.3 Å². The Kier molecular flexibility index (Phi) is 4.96. The van der Waals surface area contributed by atoms with Gasteiger partial charge in [-0.15, -0.1) is 0 Å². The number of Topliss-reactive ketones (excluding diaryl/α,β-unsaturated/α-hetero) is 1. The van der Waals surface area contributed by atoms with Crippen LogP contribution in [0.4, 0.5) is 5.69 Å². The predicted octanol–water partition coefficient (Wildman–Crippen LogP) is 3.10. The Labute approximate surface area is 154 Å². The Hall–Kier alpha value is -3.24. The van der Waals surface area contributed by atoms with E-state index in [0.29, 0.717) is 5.03 Å². The minimum Gasteiger partial charge on any atom is -0.508 e. The number of carbonyl (C=O) groups excluding carboxylic acids is 2. The number of hydrogen-bond donors (Lipinski definition) is 1. The van der Waals surface area contributed by atoms with E-state index in [9.17, 15) is 20.0 Å². The lowest BCUT2D eigenvalue weighted by Crippen LogP contribution is -2.20. The van der Waals surface area contributed by atoms with Crippen molar-refractivity contribution in [3.05, 3.63) is 64.7 Å². The van der Waals surface area contributed by atoms with Gasteiger partial charge in [-0.1, -0.05) is 30.0 Å². The maximum Gasteiger partial charge on any atom is 0.338 e. The van der Waals surface area contributed by atoms with Crippen molar-refractivity contribution in [1.82, 2.24) is 0 Å². The lowest BCUT2D eigenvalue weighted by atomic mass is 10.2. The zero-order valence-electron chi connectivity index (χ0n) is 13.8. The highest BCUT2D eigenvalue weighted by Gasteiger charge is 2.28. The molecule has 2 aromatic carbocycles. The molecule has 0 saturated heterocycles. The number of nitrogens with zero attached hydrogens (tertiary/aromatic N) is 2. The van der Waals surface area contributed by atoms with E-state index < -0.39 is 18.4 Å². The zero-order valence-corrected chi connectivity index (χ0v) is 14.6. The van der Waals surface area contributed by atoms with Gasteiger partial charge in [0.2, 0.25) is 5.78 Å². The van der Waals surface area contributed by atoms with E-state index in [2.05, 4.69) is 0 Å². The fraction of sp³-hybridized carbons (Fsp3) is 0.105. The molecule has 26 heavy (non-hydrogen) atoms. The van der Waals surface area contributed by atoms with Crippen LogP contribution in [-0.4, -0.2) is 30.5 Å². The Bertz CT molecular complexity index is 962. The second kappa shape index (κ2) is 7.33. The third kappa shape index (κ3) is 3.41. The number of fused-ring (bicyclic) bond motifs is 1. The summed E-state index contributed by atoms with van der Waals surface area (Å²) in [6.45, 7) is -0.550. The number of esters is 1. The molecule has 3 rings (SSSR count). The van der Waals surface area contributed by atoms with Crippen LogP contribution in [0, 0.1) is 11.3 Å². The number of para-hydroxylation sites is 1.